The molecule has 1 heterocycles. The third kappa shape index (κ3) is 3.96. The minimum atomic E-state index is -1.02. The number of anilines is 1. The van der Waals surface area contributed by atoms with E-state index in [1.165, 1.54) is 17.0 Å². The fourth-order valence-electron chi connectivity index (χ4n) is 3.23. The molecule has 1 N–H and O–H groups in total. The average molecular weight is 392 g/mol. The van der Waals surface area contributed by atoms with Gasteiger partial charge < -0.3 is 14.9 Å². The molecule has 140 valence electrons. The number of rotatable bonds is 4. The highest BCUT2D eigenvalue weighted by Crippen LogP contribution is 2.30. The van der Waals surface area contributed by atoms with Crippen LogP contribution in [0.1, 0.15) is 17.5 Å². The van der Waals surface area contributed by atoms with Crippen molar-refractivity contribution in [1.29, 1.82) is 5.26 Å². The average Bonchev–Trinajstić information content (AvgIpc) is 3.13. The highest BCUT2D eigenvalue weighted by atomic mass is 35.5. The summed E-state index contributed by atoms with van der Waals surface area (Å²) in [6.07, 6.45) is -0.479. The number of carbonyl (C=O) groups is 1. The summed E-state index contributed by atoms with van der Waals surface area (Å²) >= 11 is 6.13. The van der Waals surface area contributed by atoms with Crippen molar-refractivity contribution >= 4 is 23.4 Å². The van der Waals surface area contributed by atoms with Gasteiger partial charge in [0.1, 0.15) is 6.07 Å². The first-order valence-corrected chi connectivity index (χ1v) is 8.65. The molecule has 0 bridgehead atoms. The number of hydrogen-bond donors (Lipinski definition) is 1. The maximum Gasteiger partial charge on any atom is 0.407 e. The molecule has 2 aromatic rings. The maximum absolute atomic E-state index is 14.2. The standard InChI is InChI=1S/C19H16ClF2N3O2/c20-16-8-14(5-4-12(16)9-23)25(15-6-7-24(11-15)19(26)27)10-13-2-1-3-17(21)18(13)22/h1-5,8,15H,6-7,10-11H2,(H,26,27)/t15-/m0/s1. The molecular weight excluding hydrogens is 376 g/mol. The topological polar surface area (TPSA) is 67.6 Å². The summed E-state index contributed by atoms with van der Waals surface area (Å²) in [5.74, 6) is -1.88. The van der Waals surface area contributed by atoms with Crippen molar-refractivity contribution < 1.29 is 18.7 Å². The van der Waals surface area contributed by atoms with E-state index < -0.39 is 17.7 Å². The Hall–Kier alpha value is -2.85. The Labute approximate surface area is 160 Å². The molecule has 1 aliphatic heterocycles. The normalized spacial score (nSPS) is 16.2. The van der Waals surface area contributed by atoms with Gasteiger partial charge in [0.25, 0.3) is 0 Å². The Morgan fingerprint density at radius 1 is 1.37 bits per heavy atom. The number of nitrogens with zero attached hydrogens (tertiary/aromatic N) is 3. The summed E-state index contributed by atoms with van der Waals surface area (Å²) in [6.45, 7) is 0.639. The van der Waals surface area contributed by atoms with E-state index in [2.05, 4.69) is 0 Å². The lowest BCUT2D eigenvalue weighted by molar-refractivity contribution is 0.155. The van der Waals surface area contributed by atoms with Gasteiger partial charge in [-0.3, -0.25) is 0 Å². The Bertz CT molecular complexity index is 916. The fraction of sp³-hybridized carbons (Fsp3) is 0.263. The molecule has 0 saturated carbocycles. The molecule has 0 aliphatic carbocycles. The first-order chi connectivity index (χ1) is 12.9. The van der Waals surface area contributed by atoms with Gasteiger partial charge in [0.15, 0.2) is 11.6 Å². The largest absolute Gasteiger partial charge is 0.465 e. The van der Waals surface area contributed by atoms with E-state index in [-0.39, 0.29) is 29.7 Å². The Morgan fingerprint density at radius 3 is 2.78 bits per heavy atom. The van der Waals surface area contributed by atoms with E-state index >= 15 is 0 Å². The van der Waals surface area contributed by atoms with Crippen LogP contribution in [0, 0.1) is 23.0 Å². The molecule has 1 aliphatic rings. The lowest BCUT2D eigenvalue weighted by Gasteiger charge is -2.31. The molecule has 0 spiro atoms. The maximum atomic E-state index is 14.2. The van der Waals surface area contributed by atoms with Crippen LogP contribution in [0.3, 0.4) is 0 Å². The molecular formula is C19H16ClF2N3O2. The molecule has 1 atom stereocenters. The van der Waals surface area contributed by atoms with E-state index in [1.807, 2.05) is 6.07 Å². The van der Waals surface area contributed by atoms with Crippen molar-refractivity contribution in [3.8, 4) is 6.07 Å². The number of carboxylic acid groups (broad SMARTS) is 1. The molecule has 1 amide bonds. The van der Waals surface area contributed by atoms with Crippen molar-refractivity contribution in [3.63, 3.8) is 0 Å². The van der Waals surface area contributed by atoms with E-state index in [1.54, 1.807) is 23.1 Å². The highest BCUT2D eigenvalue weighted by Gasteiger charge is 2.31. The number of halogens is 3. The van der Waals surface area contributed by atoms with Crippen molar-refractivity contribution in [1.82, 2.24) is 4.90 Å². The van der Waals surface area contributed by atoms with Crippen LogP contribution in [0.4, 0.5) is 19.3 Å². The Balaban J connectivity index is 1.96. The van der Waals surface area contributed by atoms with Gasteiger partial charge in [-0.05, 0) is 30.7 Å². The number of hydrogen-bond acceptors (Lipinski definition) is 3. The van der Waals surface area contributed by atoms with Crippen LogP contribution in [0.5, 0.6) is 0 Å². The third-order valence-corrected chi connectivity index (χ3v) is 4.96. The van der Waals surface area contributed by atoms with Crippen LogP contribution in [0.15, 0.2) is 36.4 Å². The molecule has 0 unspecified atom stereocenters. The smallest absolute Gasteiger partial charge is 0.407 e. The predicted molar refractivity (Wildman–Crippen MR) is 96.7 cm³/mol. The minimum absolute atomic E-state index is 0.0456. The second kappa shape index (κ2) is 7.80. The molecule has 5 nitrogen and oxygen atoms in total. The van der Waals surface area contributed by atoms with Crippen molar-refractivity contribution in [3.05, 3.63) is 64.2 Å². The minimum Gasteiger partial charge on any atom is -0.465 e. The zero-order chi connectivity index (χ0) is 19.6. The lowest BCUT2D eigenvalue weighted by Crippen LogP contribution is -2.38. The van der Waals surface area contributed by atoms with Gasteiger partial charge in [-0.2, -0.15) is 5.26 Å². The van der Waals surface area contributed by atoms with Gasteiger partial charge in [0.2, 0.25) is 0 Å². The quantitative estimate of drug-likeness (QED) is 0.846. The zero-order valence-electron chi connectivity index (χ0n) is 14.2. The predicted octanol–water partition coefficient (Wildman–Crippen LogP) is 4.25. The van der Waals surface area contributed by atoms with Gasteiger partial charge in [0.05, 0.1) is 10.6 Å². The summed E-state index contributed by atoms with van der Waals surface area (Å²) in [4.78, 5) is 14.3. The summed E-state index contributed by atoms with van der Waals surface area (Å²) in [6, 6.07) is 10.5. The summed E-state index contributed by atoms with van der Waals surface area (Å²) in [5, 5.41) is 18.5. The van der Waals surface area contributed by atoms with E-state index in [0.717, 1.165) is 6.07 Å². The second-order valence-corrected chi connectivity index (χ2v) is 6.70. The van der Waals surface area contributed by atoms with Crippen LogP contribution < -0.4 is 4.90 Å². The number of benzene rings is 2. The molecule has 3 rings (SSSR count). The van der Waals surface area contributed by atoms with Crippen LogP contribution in [-0.2, 0) is 6.54 Å². The van der Waals surface area contributed by atoms with E-state index in [9.17, 15) is 18.7 Å². The molecule has 2 aromatic carbocycles. The summed E-state index contributed by atoms with van der Waals surface area (Å²) in [5.41, 5.74) is 1.07. The van der Waals surface area contributed by atoms with Crippen LogP contribution in [-0.4, -0.2) is 35.2 Å². The SMILES string of the molecule is N#Cc1ccc(N(Cc2cccc(F)c2F)[C@H]2CCN(C(=O)O)C2)cc1Cl. The Morgan fingerprint density at radius 2 is 2.15 bits per heavy atom. The zero-order valence-corrected chi connectivity index (χ0v) is 15.0. The van der Waals surface area contributed by atoms with Crippen molar-refractivity contribution in [2.24, 2.45) is 0 Å². The van der Waals surface area contributed by atoms with Gasteiger partial charge in [0, 0.05) is 36.9 Å². The van der Waals surface area contributed by atoms with Gasteiger partial charge >= 0.3 is 6.09 Å². The van der Waals surface area contributed by atoms with E-state index in [4.69, 9.17) is 16.9 Å². The molecule has 0 aromatic heterocycles. The lowest BCUT2D eigenvalue weighted by atomic mass is 10.1. The second-order valence-electron chi connectivity index (χ2n) is 6.29. The fourth-order valence-corrected chi connectivity index (χ4v) is 3.45. The van der Waals surface area contributed by atoms with Crippen LogP contribution in [0.2, 0.25) is 5.02 Å². The van der Waals surface area contributed by atoms with Crippen LogP contribution >= 0.6 is 11.6 Å². The van der Waals surface area contributed by atoms with Gasteiger partial charge in [-0.1, -0.05) is 23.7 Å². The van der Waals surface area contributed by atoms with Crippen LogP contribution in [0.25, 0.3) is 0 Å². The number of amides is 1. The summed E-state index contributed by atoms with van der Waals surface area (Å²) < 4.78 is 27.8. The number of likely N-dealkylation sites (tertiary alicyclic amines) is 1. The van der Waals surface area contributed by atoms with Crippen molar-refractivity contribution in [2.45, 2.75) is 19.0 Å². The van der Waals surface area contributed by atoms with Crippen molar-refractivity contribution in [2.75, 3.05) is 18.0 Å². The molecule has 0 radical (unpaired) electrons. The number of nitriles is 1. The third-order valence-electron chi connectivity index (χ3n) is 4.65. The molecule has 8 heteroatoms. The van der Waals surface area contributed by atoms with Gasteiger partial charge in [-0.25, -0.2) is 13.6 Å². The summed E-state index contributed by atoms with van der Waals surface area (Å²) in [7, 11) is 0. The molecule has 27 heavy (non-hydrogen) atoms. The molecule has 1 saturated heterocycles. The Kier molecular flexibility index (Phi) is 5.47. The monoisotopic (exact) mass is 391 g/mol. The van der Waals surface area contributed by atoms with E-state index in [0.29, 0.717) is 24.2 Å². The first kappa shape index (κ1) is 18.9. The molecule has 1 fully saturated rings. The first-order valence-electron chi connectivity index (χ1n) is 8.27. The highest BCUT2D eigenvalue weighted by molar-refractivity contribution is 6.32. The van der Waals surface area contributed by atoms with Gasteiger partial charge in [-0.15, -0.1) is 0 Å².